The first-order valence-corrected chi connectivity index (χ1v) is 15.1. The second-order valence-electron chi connectivity index (χ2n) is 12.2. The molecule has 0 radical (unpaired) electrons. The number of phenols is 1. The summed E-state index contributed by atoms with van der Waals surface area (Å²) in [5.74, 6) is -2.99. The van der Waals surface area contributed by atoms with Gasteiger partial charge in [0.2, 0.25) is 6.29 Å². The first kappa shape index (κ1) is 35.3. The summed E-state index contributed by atoms with van der Waals surface area (Å²) in [5, 5.41) is 52.4. The van der Waals surface area contributed by atoms with Crippen LogP contribution in [0.5, 0.6) is 5.75 Å². The molecule has 254 valence electrons. The molecule has 46 heavy (non-hydrogen) atoms. The van der Waals surface area contributed by atoms with Crippen LogP contribution in [0.15, 0.2) is 42.2 Å². The van der Waals surface area contributed by atoms with E-state index < -0.39 is 78.9 Å². The average Bonchev–Trinajstić information content (AvgIpc) is 3.36. The van der Waals surface area contributed by atoms with Crippen molar-refractivity contribution in [2.45, 2.75) is 82.6 Å². The van der Waals surface area contributed by atoms with Gasteiger partial charge >= 0.3 is 17.9 Å². The first-order valence-electron chi connectivity index (χ1n) is 15.1. The Bertz CT molecular complexity index is 1280. The highest BCUT2D eigenvalue weighted by atomic mass is 16.7. The normalized spacial score (nSPS) is 32.4. The SMILES string of the molecule is CC(=O)OC[C@@]1(O)CC[C@@H]2C(CO[C@@H]3O[C@H](COC(=O)C=Cc4ccc(O)cc4)[C@@H](O)[C@H](O)[C@H]3O)=CO[C@H](OC(=O)CC(C)C)[C@@H]21. The fourth-order valence-electron chi connectivity index (χ4n) is 5.79. The molecular formula is C32H42O14. The molecule has 14 nitrogen and oxygen atoms in total. The highest BCUT2D eigenvalue weighted by Gasteiger charge is 2.57. The van der Waals surface area contributed by atoms with Gasteiger partial charge in [-0.1, -0.05) is 26.0 Å². The lowest BCUT2D eigenvalue weighted by molar-refractivity contribution is -0.300. The Morgan fingerprint density at radius 1 is 1.04 bits per heavy atom. The Labute approximate surface area is 266 Å². The van der Waals surface area contributed by atoms with E-state index in [9.17, 15) is 39.9 Å². The minimum Gasteiger partial charge on any atom is -0.508 e. The second kappa shape index (κ2) is 15.4. The van der Waals surface area contributed by atoms with E-state index in [1.807, 2.05) is 13.8 Å². The van der Waals surface area contributed by atoms with E-state index in [1.54, 1.807) is 12.1 Å². The molecule has 5 N–H and O–H groups in total. The number of aliphatic hydroxyl groups is 4. The minimum atomic E-state index is -1.69. The summed E-state index contributed by atoms with van der Waals surface area (Å²) in [5.41, 5.74) is -0.407. The lowest BCUT2D eigenvalue weighted by atomic mass is 9.81. The first-order chi connectivity index (χ1) is 21.8. The van der Waals surface area contributed by atoms with Crippen LogP contribution in [-0.4, -0.2) is 106 Å². The van der Waals surface area contributed by atoms with E-state index in [4.69, 9.17) is 28.4 Å². The highest BCUT2D eigenvalue weighted by Crippen LogP contribution is 2.49. The van der Waals surface area contributed by atoms with Crippen molar-refractivity contribution in [3.63, 3.8) is 0 Å². The number of esters is 3. The molecule has 14 heteroatoms. The van der Waals surface area contributed by atoms with Gasteiger partial charge in [0.1, 0.15) is 49.0 Å². The van der Waals surface area contributed by atoms with E-state index in [-0.39, 0.29) is 37.7 Å². The van der Waals surface area contributed by atoms with Crippen molar-refractivity contribution in [3.05, 3.63) is 47.7 Å². The zero-order chi connectivity index (χ0) is 33.6. The molecule has 3 aliphatic rings. The molecule has 9 atom stereocenters. The fraction of sp³-hybridized carbons (Fsp3) is 0.594. The van der Waals surface area contributed by atoms with Crippen molar-refractivity contribution in [3.8, 4) is 5.75 Å². The molecule has 0 spiro atoms. The third kappa shape index (κ3) is 8.84. The molecule has 4 rings (SSSR count). The van der Waals surface area contributed by atoms with Crippen LogP contribution < -0.4 is 0 Å². The molecule has 0 amide bonds. The van der Waals surface area contributed by atoms with Crippen LogP contribution >= 0.6 is 0 Å². The lowest BCUT2D eigenvalue weighted by Crippen LogP contribution is -2.59. The number of aromatic hydroxyl groups is 1. The van der Waals surface area contributed by atoms with Gasteiger partial charge in [0, 0.05) is 19.4 Å². The van der Waals surface area contributed by atoms with Crippen molar-refractivity contribution in [2.24, 2.45) is 17.8 Å². The number of hydrogen-bond acceptors (Lipinski definition) is 14. The number of carbonyl (C=O) groups excluding carboxylic acids is 3. The van der Waals surface area contributed by atoms with Crippen molar-refractivity contribution in [1.29, 1.82) is 0 Å². The predicted molar refractivity (Wildman–Crippen MR) is 157 cm³/mol. The molecule has 2 heterocycles. The summed E-state index contributed by atoms with van der Waals surface area (Å²) in [6.45, 7) is 3.93. The maximum atomic E-state index is 12.5. The van der Waals surface area contributed by atoms with Crippen LogP contribution in [0.3, 0.4) is 0 Å². The minimum absolute atomic E-state index is 0.0278. The maximum absolute atomic E-state index is 12.5. The Morgan fingerprint density at radius 2 is 1.76 bits per heavy atom. The molecule has 1 aromatic carbocycles. The van der Waals surface area contributed by atoms with Crippen LogP contribution in [0, 0.1) is 17.8 Å². The van der Waals surface area contributed by atoms with Gasteiger partial charge in [-0.3, -0.25) is 9.59 Å². The Morgan fingerprint density at radius 3 is 2.43 bits per heavy atom. The third-order valence-corrected chi connectivity index (χ3v) is 8.19. The van der Waals surface area contributed by atoms with Gasteiger partial charge in [-0.25, -0.2) is 4.79 Å². The average molecular weight is 651 g/mol. The van der Waals surface area contributed by atoms with Crippen LogP contribution in [-0.2, 0) is 42.8 Å². The van der Waals surface area contributed by atoms with Gasteiger partial charge in [0.25, 0.3) is 0 Å². The van der Waals surface area contributed by atoms with Gasteiger partial charge in [-0.2, -0.15) is 0 Å². The van der Waals surface area contributed by atoms with Gasteiger partial charge in [-0.15, -0.1) is 0 Å². The Kier molecular flexibility index (Phi) is 11.8. The van der Waals surface area contributed by atoms with Crippen molar-refractivity contribution < 1.29 is 68.3 Å². The summed E-state index contributed by atoms with van der Waals surface area (Å²) in [6.07, 6.45) is -4.09. The van der Waals surface area contributed by atoms with Gasteiger partial charge in [0.15, 0.2) is 6.29 Å². The largest absolute Gasteiger partial charge is 0.508 e. The molecule has 1 aliphatic carbocycles. The highest BCUT2D eigenvalue weighted by molar-refractivity contribution is 5.87. The topological polar surface area (TPSA) is 208 Å². The van der Waals surface area contributed by atoms with Gasteiger partial charge in [0.05, 0.1) is 18.8 Å². The van der Waals surface area contributed by atoms with E-state index >= 15 is 0 Å². The van der Waals surface area contributed by atoms with Crippen LogP contribution in [0.25, 0.3) is 6.08 Å². The quantitative estimate of drug-likeness (QED) is 0.121. The Balaban J connectivity index is 1.40. The summed E-state index contributed by atoms with van der Waals surface area (Å²) in [4.78, 5) is 36.2. The monoisotopic (exact) mass is 650 g/mol. The van der Waals surface area contributed by atoms with E-state index in [0.717, 1.165) is 6.08 Å². The van der Waals surface area contributed by atoms with Crippen LogP contribution in [0.4, 0.5) is 0 Å². The molecule has 0 aromatic heterocycles. The molecular weight excluding hydrogens is 608 g/mol. The van der Waals surface area contributed by atoms with Gasteiger partial charge in [-0.05, 0) is 54.0 Å². The molecule has 1 aromatic rings. The number of fused-ring (bicyclic) bond motifs is 1. The molecule has 2 fully saturated rings. The second-order valence-corrected chi connectivity index (χ2v) is 12.2. The number of hydrogen-bond donors (Lipinski definition) is 5. The third-order valence-electron chi connectivity index (χ3n) is 8.19. The summed E-state index contributed by atoms with van der Waals surface area (Å²) in [6, 6.07) is 6.09. The Hall–Kier alpha value is -3.53. The van der Waals surface area contributed by atoms with E-state index in [2.05, 4.69) is 0 Å². The number of benzene rings is 1. The number of phenolic OH excluding ortho intramolecular Hbond substituents is 1. The lowest BCUT2D eigenvalue weighted by Gasteiger charge is -2.41. The smallest absolute Gasteiger partial charge is 0.330 e. The zero-order valence-electron chi connectivity index (χ0n) is 25.9. The molecule has 0 bridgehead atoms. The predicted octanol–water partition coefficient (Wildman–Crippen LogP) is 0.923. The fourth-order valence-corrected chi connectivity index (χ4v) is 5.79. The summed E-state index contributed by atoms with van der Waals surface area (Å²) >= 11 is 0. The summed E-state index contributed by atoms with van der Waals surface area (Å²) < 4.78 is 33.1. The molecule has 1 saturated carbocycles. The molecule has 1 saturated heterocycles. The van der Waals surface area contributed by atoms with Gasteiger partial charge < -0.3 is 54.0 Å². The zero-order valence-corrected chi connectivity index (χ0v) is 25.9. The number of ether oxygens (including phenoxy) is 6. The molecule has 0 unspecified atom stereocenters. The summed E-state index contributed by atoms with van der Waals surface area (Å²) in [7, 11) is 0. The number of aliphatic hydroxyl groups excluding tert-OH is 3. The van der Waals surface area contributed by atoms with Crippen molar-refractivity contribution in [2.75, 3.05) is 19.8 Å². The van der Waals surface area contributed by atoms with E-state index in [1.165, 1.54) is 31.4 Å². The van der Waals surface area contributed by atoms with Crippen molar-refractivity contribution >= 4 is 24.0 Å². The van der Waals surface area contributed by atoms with Crippen LogP contribution in [0.1, 0.15) is 45.6 Å². The standard InChI is InChI=1S/C32H42O14/c1-17(2)12-25(36)46-30-26-22(10-11-32(26,40)16-44-18(3)33)20(13-42-30)14-43-31-29(39)28(38)27(37)23(45-31)15-41-24(35)9-6-19-4-7-21(34)8-5-19/h4-9,13,17,22-23,26-31,34,37-40H,10-12,14-16H2,1-3H3/t22-,23-,26-,27-,28+,29-,30-,31-,32+/m1/s1. The number of carbonyl (C=O) groups is 3. The molecule has 2 aliphatic heterocycles. The van der Waals surface area contributed by atoms with Crippen molar-refractivity contribution in [1.82, 2.24) is 0 Å². The van der Waals surface area contributed by atoms with Crippen LogP contribution in [0.2, 0.25) is 0 Å². The number of rotatable bonds is 12. The maximum Gasteiger partial charge on any atom is 0.330 e. The van der Waals surface area contributed by atoms with E-state index in [0.29, 0.717) is 17.6 Å².